The number of allylic oxidation sites excluding steroid dienone is 1. The van der Waals surface area contributed by atoms with E-state index in [-0.39, 0.29) is 36.2 Å². The van der Waals surface area contributed by atoms with E-state index in [1.165, 1.54) is 0 Å². The normalized spacial score (nSPS) is 28.9. The van der Waals surface area contributed by atoms with Crippen molar-refractivity contribution in [1.82, 2.24) is 14.7 Å². The highest BCUT2D eigenvalue weighted by Gasteiger charge is 2.74. The number of ether oxygens (including phenoxy) is 2. The van der Waals surface area contributed by atoms with Gasteiger partial charge < -0.3 is 24.4 Å². The van der Waals surface area contributed by atoms with Gasteiger partial charge in [-0.2, -0.15) is 0 Å². The van der Waals surface area contributed by atoms with Crippen LogP contribution in [0.1, 0.15) is 31.2 Å². The molecular formula is C33H45N3O6S. The largest absolute Gasteiger partial charge is 0.465 e. The standard InChI is InChI=1S/C33H45N3O6S/c1-3-5-9-19-42-32(40)27-26-12-13-33(43-26)28(27)30(38)36(25(23-37)22-24-10-7-6-8-11-24)29(33)31(39)35(14-4-2)16-15-34-17-20-41-21-18-34/h3-4,6-8,10-11,25-29,37H,1-2,5,9,12-23H2/t25-,26-,27+,28+,29?,33?/m1/s1. The molecule has 0 aliphatic carbocycles. The van der Waals surface area contributed by atoms with Crippen LogP contribution in [0.3, 0.4) is 0 Å². The number of morpholine rings is 1. The molecule has 4 fully saturated rings. The van der Waals surface area contributed by atoms with Gasteiger partial charge in [0.25, 0.3) is 0 Å². The van der Waals surface area contributed by atoms with Crippen molar-refractivity contribution in [2.45, 2.75) is 54.2 Å². The first-order valence-electron chi connectivity index (χ1n) is 15.6. The molecule has 2 bridgehead atoms. The fourth-order valence-electron chi connectivity index (χ4n) is 7.37. The Balaban J connectivity index is 1.46. The first-order valence-corrected chi connectivity index (χ1v) is 16.4. The Kier molecular flexibility index (Phi) is 10.6. The second-order valence-corrected chi connectivity index (χ2v) is 13.6. The molecule has 0 saturated carbocycles. The summed E-state index contributed by atoms with van der Waals surface area (Å²) < 4.78 is 10.4. The third-order valence-corrected chi connectivity index (χ3v) is 11.4. The highest BCUT2D eigenvalue weighted by atomic mass is 32.2. The summed E-state index contributed by atoms with van der Waals surface area (Å²) in [5, 5.41) is 10.6. The van der Waals surface area contributed by atoms with E-state index in [2.05, 4.69) is 18.1 Å². The number of amides is 2. The Morgan fingerprint density at radius 3 is 2.67 bits per heavy atom. The topological polar surface area (TPSA) is 99.6 Å². The molecule has 1 N–H and O–H groups in total. The van der Waals surface area contributed by atoms with Crippen LogP contribution in [0.5, 0.6) is 0 Å². The number of likely N-dealkylation sites (tertiary alicyclic amines) is 1. The molecule has 4 saturated heterocycles. The summed E-state index contributed by atoms with van der Waals surface area (Å²) in [5.74, 6) is -1.97. The van der Waals surface area contributed by atoms with E-state index in [1.807, 2.05) is 30.3 Å². The Labute approximate surface area is 259 Å². The van der Waals surface area contributed by atoms with Crippen molar-refractivity contribution < 1.29 is 29.0 Å². The van der Waals surface area contributed by atoms with Crippen molar-refractivity contribution in [3.8, 4) is 0 Å². The second-order valence-electron chi connectivity index (χ2n) is 12.0. The first-order chi connectivity index (χ1) is 20.9. The maximum Gasteiger partial charge on any atom is 0.310 e. The summed E-state index contributed by atoms with van der Waals surface area (Å²) in [5.41, 5.74) is 0.973. The van der Waals surface area contributed by atoms with E-state index >= 15 is 0 Å². The fourth-order valence-corrected chi connectivity index (χ4v) is 9.56. The van der Waals surface area contributed by atoms with Gasteiger partial charge in [-0.3, -0.25) is 19.3 Å². The molecule has 2 amide bonds. The SMILES string of the molecule is C=CCCCOC(=O)[C@@H]1[C@H]2C(=O)N([C@@H](CO)Cc3ccccc3)C(C(=O)N(CC=C)CCN3CCOCC3)C23CC[C@H]1S3. The average molecular weight is 612 g/mol. The van der Waals surface area contributed by atoms with E-state index in [0.717, 1.165) is 31.5 Å². The van der Waals surface area contributed by atoms with Gasteiger partial charge in [-0.05, 0) is 37.7 Å². The molecule has 4 aliphatic heterocycles. The van der Waals surface area contributed by atoms with E-state index in [1.54, 1.807) is 33.7 Å². The van der Waals surface area contributed by atoms with Gasteiger partial charge in [0.15, 0.2) is 0 Å². The molecule has 10 heteroatoms. The number of hydrogen-bond donors (Lipinski definition) is 1. The number of esters is 1. The van der Waals surface area contributed by atoms with Crippen LogP contribution in [0.25, 0.3) is 0 Å². The molecule has 1 spiro atoms. The third kappa shape index (κ3) is 6.43. The number of unbranched alkanes of at least 4 members (excludes halogenated alkanes) is 1. The molecular weight excluding hydrogens is 566 g/mol. The summed E-state index contributed by atoms with van der Waals surface area (Å²) in [7, 11) is 0. The summed E-state index contributed by atoms with van der Waals surface area (Å²) in [6.45, 7) is 12.2. The van der Waals surface area contributed by atoms with Crippen molar-refractivity contribution in [1.29, 1.82) is 0 Å². The van der Waals surface area contributed by atoms with Gasteiger partial charge in [0.1, 0.15) is 6.04 Å². The lowest BCUT2D eigenvalue weighted by molar-refractivity contribution is -0.154. The molecule has 6 atom stereocenters. The summed E-state index contributed by atoms with van der Waals surface area (Å²) >= 11 is 1.63. The highest BCUT2D eigenvalue weighted by molar-refractivity contribution is 8.02. The van der Waals surface area contributed by atoms with Crippen LogP contribution in [0.4, 0.5) is 0 Å². The van der Waals surface area contributed by atoms with Gasteiger partial charge in [-0.15, -0.1) is 24.9 Å². The van der Waals surface area contributed by atoms with Crippen LogP contribution < -0.4 is 0 Å². The number of hydrogen-bond acceptors (Lipinski definition) is 8. The molecule has 4 heterocycles. The van der Waals surface area contributed by atoms with Crippen molar-refractivity contribution >= 4 is 29.5 Å². The average Bonchev–Trinajstić information content (AvgIpc) is 3.68. The zero-order valence-corrected chi connectivity index (χ0v) is 25.8. The Morgan fingerprint density at radius 2 is 1.98 bits per heavy atom. The quantitative estimate of drug-likeness (QED) is 0.184. The first kappa shape index (κ1) is 31.8. The lowest BCUT2D eigenvalue weighted by Gasteiger charge is -2.40. The Bertz CT molecular complexity index is 1160. The molecule has 234 valence electrons. The maximum absolute atomic E-state index is 14.7. The van der Waals surface area contributed by atoms with E-state index < -0.39 is 28.7 Å². The molecule has 2 unspecified atom stereocenters. The summed E-state index contributed by atoms with van der Waals surface area (Å²) in [6, 6.07) is 8.33. The number of aliphatic hydroxyl groups is 1. The smallest absolute Gasteiger partial charge is 0.310 e. The number of fused-ring (bicyclic) bond motifs is 1. The predicted molar refractivity (Wildman–Crippen MR) is 166 cm³/mol. The number of carbonyl (C=O) groups excluding carboxylic acids is 3. The van der Waals surface area contributed by atoms with Gasteiger partial charge in [-0.25, -0.2) is 0 Å². The van der Waals surface area contributed by atoms with Crippen molar-refractivity contribution in [3.63, 3.8) is 0 Å². The Hall–Kier alpha value is -2.66. The monoisotopic (exact) mass is 611 g/mol. The molecule has 0 aromatic heterocycles. The molecule has 5 rings (SSSR count). The zero-order chi connectivity index (χ0) is 30.4. The minimum absolute atomic E-state index is 0.0683. The van der Waals surface area contributed by atoms with Crippen LogP contribution in [-0.4, -0.2) is 119 Å². The number of nitrogens with zero attached hydrogens (tertiary/aromatic N) is 3. The van der Waals surface area contributed by atoms with E-state index in [9.17, 15) is 19.5 Å². The number of aliphatic hydroxyl groups excluding tert-OH is 1. The predicted octanol–water partition coefficient (Wildman–Crippen LogP) is 2.54. The van der Waals surface area contributed by atoms with Crippen LogP contribution in [0.15, 0.2) is 55.6 Å². The minimum atomic E-state index is -0.788. The van der Waals surface area contributed by atoms with Gasteiger partial charge >= 0.3 is 5.97 Å². The van der Waals surface area contributed by atoms with Crippen LogP contribution >= 0.6 is 11.8 Å². The summed E-state index contributed by atoms with van der Waals surface area (Å²) in [6.07, 6.45) is 6.77. The summed E-state index contributed by atoms with van der Waals surface area (Å²) in [4.78, 5) is 48.5. The second kappa shape index (κ2) is 14.4. The maximum atomic E-state index is 14.7. The molecule has 1 aromatic rings. The minimum Gasteiger partial charge on any atom is -0.465 e. The third-order valence-electron chi connectivity index (χ3n) is 9.41. The number of benzene rings is 1. The Morgan fingerprint density at radius 1 is 1.21 bits per heavy atom. The molecule has 4 aliphatic rings. The molecule has 9 nitrogen and oxygen atoms in total. The fraction of sp³-hybridized carbons (Fsp3) is 0.606. The van der Waals surface area contributed by atoms with Crippen LogP contribution in [-0.2, 0) is 30.3 Å². The number of rotatable bonds is 15. The number of carbonyl (C=O) groups is 3. The number of thioether (sulfide) groups is 1. The van der Waals surface area contributed by atoms with Crippen LogP contribution in [0, 0.1) is 11.8 Å². The van der Waals surface area contributed by atoms with Crippen molar-refractivity contribution in [2.75, 3.05) is 59.2 Å². The van der Waals surface area contributed by atoms with Crippen molar-refractivity contribution in [2.24, 2.45) is 11.8 Å². The molecule has 1 aromatic carbocycles. The lowest BCUT2D eigenvalue weighted by Crippen LogP contribution is -2.58. The van der Waals surface area contributed by atoms with Gasteiger partial charge in [0, 0.05) is 38.0 Å². The highest BCUT2D eigenvalue weighted by Crippen LogP contribution is 2.67. The molecule has 0 radical (unpaired) electrons. The van der Waals surface area contributed by atoms with E-state index in [4.69, 9.17) is 9.47 Å². The molecule has 43 heavy (non-hydrogen) atoms. The van der Waals surface area contributed by atoms with Gasteiger partial charge in [0.2, 0.25) is 11.8 Å². The van der Waals surface area contributed by atoms with Crippen LogP contribution in [0.2, 0.25) is 0 Å². The van der Waals surface area contributed by atoms with E-state index in [0.29, 0.717) is 52.1 Å². The lowest BCUT2D eigenvalue weighted by atomic mass is 9.71. The van der Waals surface area contributed by atoms with Crippen molar-refractivity contribution in [3.05, 3.63) is 61.2 Å². The van der Waals surface area contributed by atoms with Gasteiger partial charge in [0.05, 0.1) is 49.1 Å². The zero-order valence-electron chi connectivity index (χ0n) is 25.0. The van der Waals surface area contributed by atoms with Gasteiger partial charge in [-0.1, -0.05) is 42.5 Å².